The molecular formula is C33H46N2O10. The quantitative estimate of drug-likeness (QED) is 0.0936. The lowest BCUT2D eigenvalue weighted by Crippen LogP contribution is -2.40. The van der Waals surface area contributed by atoms with Crippen molar-refractivity contribution in [1.82, 2.24) is 10.4 Å². The Labute approximate surface area is 264 Å². The van der Waals surface area contributed by atoms with Crippen LogP contribution in [-0.4, -0.2) is 80.6 Å². The van der Waals surface area contributed by atoms with E-state index in [2.05, 4.69) is 17.2 Å². The van der Waals surface area contributed by atoms with Crippen molar-refractivity contribution in [3.05, 3.63) is 12.2 Å². The molecule has 3 aliphatic carbocycles. The molecule has 0 spiro atoms. The Morgan fingerprint density at radius 1 is 0.956 bits per heavy atom. The summed E-state index contributed by atoms with van der Waals surface area (Å²) in [6.07, 6.45) is 9.38. The van der Waals surface area contributed by atoms with Crippen molar-refractivity contribution in [2.45, 2.75) is 90.1 Å². The molecule has 0 aromatic rings. The van der Waals surface area contributed by atoms with E-state index in [1.165, 1.54) is 0 Å². The summed E-state index contributed by atoms with van der Waals surface area (Å²) in [5.74, 6) is 6.36. The number of carbonyl (C=O) groups excluding carboxylic acids is 5. The van der Waals surface area contributed by atoms with Gasteiger partial charge < -0.3 is 29.1 Å². The van der Waals surface area contributed by atoms with Crippen LogP contribution in [0, 0.1) is 35.0 Å². The summed E-state index contributed by atoms with van der Waals surface area (Å²) in [4.78, 5) is 66.0. The molecule has 4 aliphatic rings. The first-order valence-electron chi connectivity index (χ1n) is 16.2. The molecule has 1 saturated carbocycles. The number of hydrogen-bond donors (Lipinski definition) is 1. The largest absolute Gasteiger partial charge is 0.465 e. The number of nitrogens with zero attached hydrogens (tertiary/aromatic N) is 1. The summed E-state index contributed by atoms with van der Waals surface area (Å²) < 4.78 is 22.0. The van der Waals surface area contributed by atoms with Crippen LogP contribution < -0.4 is 5.32 Å². The van der Waals surface area contributed by atoms with E-state index in [0.717, 1.165) is 25.7 Å². The van der Waals surface area contributed by atoms with Crippen LogP contribution in [0.4, 0.5) is 4.79 Å². The van der Waals surface area contributed by atoms with Crippen molar-refractivity contribution in [3.63, 3.8) is 0 Å². The Bertz CT molecular complexity index is 1130. The number of allylic oxidation sites excluding steroid dienone is 1. The van der Waals surface area contributed by atoms with Crippen molar-refractivity contribution in [3.8, 4) is 11.8 Å². The lowest BCUT2D eigenvalue weighted by Gasteiger charge is -2.30. The van der Waals surface area contributed by atoms with Gasteiger partial charge in [-0.3, -0.25) is 14.4 Å². The molecular weight excluding hydrogens is 584 g/mol. The number of hydrogen-bond acceptors (Lipinski definition) is 10. The van der Waals surface area contributed by atoms with Gasteiger partial charge in [-0.15, -0.1) is 16.9 Å². The average molecular weight is 631 g/mol. The highest BCUT2D eigenvalue weighted by Crippen LogP contribution is 2.52. The second kappa shape index (κ2) is 17.3. The maximum Gasteiger partial charge on any atom is 0.407 e. The van der Waals surface area contributed by atoms with Gasteiger partial charge in [-0.1, -0.05) is 6.08 Å². The highest BCUT2D eigenvalue weighted by atomic mass is 16.7. The Hall–Kier alpha value is -3.43. The summed E-state index contributed by atoms with van der Waals surface area (Å²) >= 11 is 0. The molecule has 0 bridgehead atoms. The molecule has 0 aromatic carbocycles. The summed E-state index contributed by atoms with van der Waals surface area (Å²) in [5.41, 5.74) is -0.935. The van der Waals surface area contributed by atoms with Crippen LogP contribution in [0.25, 0.3) is 0 Å². The van der Waals surface area contributed by atoms with E-state index in [0.29, 0.717) is 87.8 Å². The van der Waals surface area contributed by atoms with E-state index in [1.54, 1.807) is 13.0 Å². The Kier molecular flexibility index (Phi) is 13.3. The molecule has 0 radical (unpaired) electrons. The number of hydroxylamine groups is 2. The van der Waals surface area contributed by atoms with Crippen molar-refractivity contribution >= 4 is 29.8 Å². The second-order valence-electron chi connectivity index (χ2n) is 12.3. The van der Waals surface area contributed by atoms with Gasteiger partial charge in [0.05, 0.1) is 31.8 Å². The normalized spacial score (nSPS) is 28.2. The summed E-state index contributed by atoms with van der Waals surface area (Å²) in [5, 5.41) is 3.21. The third-order valence-corrected chi connectivity index (χ3v) is 8.96. The summed E-state index contributed by atoms with van der Waals surface area (Å²) in [6.45, 7) is 3.94. The molecule has 45 heavy (non-hydrogen) atoms. The summed E-state index contributed by atoms with van der Waals surface area (Å²) in [7, 11) is 0. The predicted octanol–water partition coefficient (Wildman–Crippen LogP) is 3.62. The number of amides is 3. The minimum absolute atomic E-state index is 0.0349. The van der Waals surface area contributed by atoms with Crippen molar-refractivity contribution in [2.75, 3.05) is 39.6 Å². The number of rotatable bonds is 15. The Balaban J connectivity index is 0.982. The number of carbonyl (C=O) groups is 5. The minimum atomic E-state index is -0.935. The zero-order valence-corrected chi connectivity index (χ0v) is 26.2. The maximum absolute atomic E-state index is 12.8. The van der Waals surface area contributed by atoms with Crippen molar-refractivity contribution in [1.29, 1.82) is 0 Å². The molecule has 248 valence electrons. The topological polar surface area (TPSA) is 147 Å². The van der Waals surface area contributed by atoms with Crippen LogP contribution in [0.1, 0.15) is 84.0 Å². The van der Waals surface area contributed by atoms with Crippen LogP contribution >= 0.6 is 0 Å². The highest BCUT2D eigenvalue weighted by Gasteiger charge is 2.49. The van der Waals surface area contributed by atoms with Crippen LogP contribution in [0.15, 0.2) is 12.2 Å². The van der Waals surface area contributed by atoms with Gasteiger partial charge in [0.1, 0.15) is 6.10 Å². The van der Waals surface area contributed by atoms with E-state index in [-0.39, 0.29) is 32.0 Å². The van der Waals surface area contributed by atoms with Gasteiger partial charge in [-0.2, -0.15) is 0 Å². The Morgan fingerprint density at radius 2 is 1.64 bits per heavy atom. The van der Waals surface area contributed by atoms with Gasteiger partial charge in [-0.05, 0) is 75.7 Å². The van der Waals surface area contributed by atoms with E-state index >= 15 is 0 Å². The van der Waals surface area contributed by atoms with Gasteiger partial charge in [0.25, 0.3) is 11.8 Å². The lowest BCUT2D eigenvalue weighted by atomic mass is 9.79. The fraction of sp³-hybridized carbons (Fsp3) is 0.727. The molecule has 12 nitrogen and oxygen atoms in total. The van der Waals surface area contributed by atoms with Gasteiger partial charge in [0.15, 0.2) is 0 Å². The Morgan fingerprint density at radius 3 is 2.36 bits per heavy atom. The number of ether oxygens (including phenoxy) is 4. The van der Waals surface area contributed by atoms with Crippen LogP contribution in [-0.2, 0) is 43.0 Å². The van der Waals surface area contributed by atoms with Gasteiger partial charge in [-0.25, -0.2) is 9.59 Å². The fourth-order valence-electron chi connectivity index (χ4n) is 6.07. The standard InChI is InChI=1S/C33H46N2O10/c1-33(31(39)45-35-28(36)13-14-29(35)37)16-7-6-9-24(15-17-33)44-32(40)34-18-20-42-22-21-41-19-8-12-30(38)43-23-27-25-10-4-2-3-5-11-26(25)27/h6,9,24-27H,4-5,7-8,10-23H2,1H3,(H,34,40)/b9-6+/t24-,25-,26+,27?,33+/m1/s1. The molecule has 1 N–H and O–H groups in total. The van der Waals surface area contributed by atoms with Gasteiger partial charge >= 0.3 is 18.0 Å². The molecule has 1 saturated heterocycles. The number of fused-ring (bicyclic) bond motifs is 1. The van der Waals surface area contributed by atoms with Crippen LogP contribution in [0.3, 0.4) is 0 Å². The number of nitrogens with one attached hydrogen (secondary N) is 1. The summed E-state index contributed by atoms with van der Waals surface area (Å²) in [6, 6.07) is 0. The smallest absolute Gasteiger partial charge is 0.407 e. The monoisotopic (exact) mass is 630 g/mol. The zero-order valence-electron chi connectivity index (χ0n) is 26.2. The molecule has 3 amide bonds. The minimum Gasteiger partial charge on any atom is -0.465 e. The average Bonchev–Trinajstić information content (AvgIpc) is 3.54. The van der Waals surface area contributed by atoms with Crippen LogP contribution in [0.2, 0.25) is 0 Å². The number of alkyl carbamates (subject to hydrolysis) is 1. The molecule has 2 fully saturated rings. The van der Waals surface area contributed by atoms with E-state index in [9.17, 15) is 24.0 Å². The van der Waals surface area contributed by atoms with E-state index in [4.69, 9.17) is 23.8 Å². The molecule has 0 aromatic heterocycles. The number of imide groups is 1. The first-order valence-corrected chi connectivity index (χ1v) is 16.2. The molecule has 4 rings (SSSR count). The molecule has 1 unspecified atom stereocenters. The van der Waals surface area contributed by atoms with Crippen molar-refractivity contribution < 1.29 is 47.8 Å². The third kappa shape index (κ3) is 10.9. The van der Waals surface area contributed by atoms with Crippen molar-refractivity contribution in [2.24, 2.45) is 23.2 Å². The predicted molar refractivity (Wildman–Crippen MR) is 160 cm³/mol. The first kappa shape index (κ1) is 34.4. The zero-order chi connectivity index (χ0) is 32.1. The maximum atomic E-state index is 12.8. The molecule has 1 heterocycles. The van der Waals surface area contributed by atoms with Gasteiger partial charge in [0.2, 0.25) is 0 Å². The molecule has 5 atom stereocenters. The third-order valence-electron chi connectivity index (χ3n) is 8.96. The fourth-order valence-corrected chi connectivity index (χ4v) is 6.07. The van der Waals surface area contributed by atoms with Crippen LogP contribution in [0.5, 0.6) is 0 Å². The van der Waals surface area contributed by atoms with E-state index in [1.807, 2.05) is 6.08 Å². The highest BCUT2D eigenvalue weighted by molar-refractivity contribution is 6.01. The second-order valence-corrected chi connectivity index (χ2v) is 12.3. The first-order chi connectivity index (χ1) is 21.8. The lowest BCUT2D eigenvalue weighted by molar-refractivity contribution is -0.205. The van der Waals surface area contributed by atoms with E-state index < -0.39 is 35.4 Å². The van der Waals surface area contributed by atoms with Gasteiger partial charge in [0, 0.05) is 45.3 Å². The number of esters is 1. The molecule has 1 aliphatic heterocycles. The SMILES string of the molecule is C[C@]1(C(=O)ON2C(=O)CCC2=O)CC/C=C/[C@@H](OC(=O)NCCOCCOCCCC(=O)OCC2[C@H]3CCC#CCC[C@@H]23)CC1. The molecule has 12 heteroatoms.